The molecule has 0 spiro atoms. The van der Waals surface area contributed by atoms with Gasteiger partial charge in [0.25, 0.3) is 5.91 Å². The van der Waals surface area contributed by atoms with Crippen molar-refractivity contribution < 1.29 is 9.53 Å². The third-order valence-electron chi connectivity index (χ3n) is 5.93. The van der Waals surface area contributed by atoms with Gasteiger partial charge in [0.1, 0.15) is 4.32 Å². The molecular weight excluding hydrogens is 495 g/mol. The summed E-state index contributed by atoms with van der Waals surface area (Å²) < 4.78 is 8.19. The van der Waals surface area contributed by atoms with Crippen molar-refractivity contribution in [2.75, 3.05) is 18.9 Å². The molecule has 3 heterocycles. The van der Waals surface area contributed by atoms with E-state index in [-0.39, 0.29) is 12.0 Å². The second-order valence-electron chi connectivity index (χ2n) is 8.51. The minimum Gasteiger partial charge on any atom is -0.376 e. The standard InChI is InChI=1S/C27H27N3O2S3/c1-2-15-34-23-12-10-19(11-13-23)25-20(17-30(28-25)21-7-4-3-5-8-21)16-24-26(31)29(27(33)35-24)18-22-9-6-14-32-22/h3-5,7-8,10-13,16-17,22H,2,6,9,14-15,18H2,1H3. The van der Waals surface area contributed by atoms with Crippen LogP contribution in [-0.2, 0) is 9.53 Å². The molecule has 2 aromatic carbocycles. The number of nitrogens with zero attached hydrogens (tertiary/aromatic N) is 3. The first-order valence-electron chi connectivity index (χ1n) is 11.9. The Kier molecular flexibility index (Phi) is 7.72. The molecule has 5 rings (SSSR count). The number of rotatable bonds is 8. The summed E-state index contributed by atoms with van der Waals surface area (Å²) in [5, 5.41) is 4.91. The summed E-state index contributed by atoms with van der Waals surface area (Å²) in [6.45, 7) is 3.47. The van der Waals surface area contributed by atoms with Gasteiger partial charge in [-0.2, -0.15) is 5.10 Å². The largest absolute Gasteiger partial charge is 0.376 e. The molecule has 5 nitrogen and oxygen atoms in total. The van der Waals surface area contributed by atoms with Crippen molar-refractivity contribution in [3.63, 3.8) is 0 Å². The van der Waals surface area contributed by atoms with E-state index in [2.05, 4.69) is 31.2 Å². The lowest BCUT2D eigenvalue weighted by Gasteiger charge is -2.18. The quantitative estimate of drug-likeness (QED) is 0.194. The van der Waals surface area contributed by atoms with E-state index in [0.29, 0.717) is 15.8 Å². The fourth-order valence-electron chi connectivity index (χ4n) is 4.15. The number of thiocarbonyl (C=S) groups is 1. The maximum atomic E-state index is 13.2. The Bertz CT molecular complexity index is 1230. The highest BCUT2D eigenvalue weighted by molar-refractivity contribution is 8.26. The SMILES string of the molecule is CCCSc1ccc(-c2nn(-c3ccccc3)cc2C=C2SC(=S)N(CC3CCCO3)C2=O)cc1. The summed E-state index contributed by atoms with van der Waals surface area (Å²) in [6.07, 6.45) is 7.12. The zero-order valence-corrected chi connectivity index (χ0v) is 22.0. The Morgan fingerprint density at radius 1 is 1.20 bits per heavy atom. The van der Waals surface area contributed by atoms with Gasteiger partial charge in [0.2, 0.25) is 0 Å². The van der Waals surface area contributed by atoms with Gasteiger partial charge in [-0.05, 0) is 55.4 Å². The lowest BCUT2D eigenvalue weighted by molar-refractivity contribution is -0.123. The number of benzene rings is 2. The average molecular weight is 522 g/mol. The second-order valence-corrected chi connectivity index (χ2v) is 11.4. The van der Waals surface area contributed by atoms with E-state index in [1.165, 1.54) is 16.7 Å². The average Bonchev–Trinajstić information content (AvgIpc) is 3.61. The minimum atomic E-state index is -0.0553. The number of para-hydroxylation sites is 1. The molecule has 0 N–H and O–H groups in total. The molecule has 35 heavy (non-hydrogen) atoms. The van der Waals surface area contributed by atoms with Crippen LogP contribution in [0.1, 0.15) is 31.7 Å². The van der Waals surface area contributed by atoms with E-state index in [4.69, 9.17) is 22.1 Å². The fourth-order valence-corrected chi connectivity index (χ4v) is 6.18. The van der Waals surface area contributed by atoms with Crippen molar-refractivity contribution in [3.8, 4) is 16.9 Å². The number of carbonyl (C=O) groups excluding carboxylic acids is 1. The predicted molar refractivity (Wildman–Crippen MR) is 149 cm³/mol. The highest BCUT2D eigenvalue weighted by Crippen LogP contribution is 2.36. The first kappa shape index (κ1) is 24.3. The number of ether oxygens (including phenoxy) is 1. The lowest BCUT2D eigenvalue weighted by atomic mass is 10.1. The van der Waals surface area contributed by atoms with Crippen LogP contribution in [0.5, 0.6) is 0 Å². The summed E-state index contributed by atoms with van der Waals surface area (Å²) in [5.74, 6) is 1.04. The van der Waals surface area contributed by atoms with Crippen molar-refractivity contribution in [3.05, 3.63) is 71.3 Å². The van der Waals surface area contributed by atoms with Crippen molar-refractivity contribution in [1.29, 1.82) is 0 Å². The second kappa shape index (κ2) is 11.1. The van der Waals surface area contributed by atoms with Crippen LogP contribution < -0.4 is 0 Å². The molecule has 0 bridgehead atoms. The molecule has 180 valence electrons. The van der Waals surface area contributed by atoms with Gasteiger partial charge < -0.3 is 4.74 Å². The minimum absolute atomic E-state index is 0.0553. The molecule has 1 aromatic heterocycles. The summed E-state index contributed by atoms with van der Waals surface area (Å²) in [7, 11) is 0. The number of amides is 1. The van der Waals surface area contributed by atoms with Crippen LogP contribution in [-0.4, -0.2) is 49.9 Å². The normalized spacial score (nSPS) is 19.3. The number of thioether (sulfide) groups is 2. The topological polar surface area (TPSA) is 47.4 Å². The Morgan fingerprint density at radius 3 is 2.71 bits per heavy atom. The Balaban J connectivity index is 1.47. The van der Waals surface area contributed by atoms with Crippen molar-refractivity contribution in [2.24, 2.45) is 0 Å². The molecule has 1 unspecified atom stereocenters. The Morgan fingerprint density at radius 2 is 2.00 bits per heavy atom. The highest BCUT2D eigenvalue weighted by atomic mass is 32.2. The van der Waals surface area contributed by atoms with Gasteiger partial charge in [-0.25, -0.2) is 4.68 Å². The Hall–Kier alpha value is -2.39. The lowest BCUT2D eigenvalue weighted by Crippen LogP contribution is -2.35. The Labute approximate surface area is 219 Å². The maximum absolute atomic E-state index is 13.2. The van der Waals surface area contributed by atoms with E-state index in [9.17, 15) is 4.79 Å². The molecule has 3 aromatic rings. The molecule has 0 saturated carbocycles. The first-order chi connectivity index (χ1) is 17.1. The van der Waals surface area contributed by atoms with E-state index < -0.39 is 0 Å². The molecule has 2 saturated heterocycles. The third-order valence-corrected chi connectivity index (χ3v) is 8.53. The van der Waals surface area contributed by atoms with E-state index in [1.54, 1.807) is 4.90 Å². The van der Waals surface area contributed by atoms with Crippen LogP contribution in [0.4, 0.5) is 0 Å². The summed E-state index contributed by atoms with van der Waals surface area (Å²) in [4.78, 5) is 16.8. The number of hydrogen-bond donors (Lipinski definition) is 0. The van der Waals surface area contributed by atoms with Gasteiger partial charge in [0, 0.05) is 28.8 Å². The van der Waals surface area contributed by atoms with Crippen molar-refractivity contribution in [2.45, 2.75) is 37.2 Å². The van der Waals surface area contributed by atoms with Gasteiger partial charge in [0.05, 0.1) is 28.9 Å². The van der Waals surface area contributed by atoms with Crippen LogP contribution in [0.3, 0.4) is 0 Å². The summed E-state index contributed by atoms with van der Waals surface area (Å²) >= 11 is 8.76. The molecule has 1 atom stereocenters. The van der Waals surface area contributed by atoms with Crippen molar-refractivity contribution >= 4 is 52.0 Å². The zero-order chi connectivity index (χ0) is 24.2. The van der Waals surface area contributed by atoms with E-state index in [0.717, 1.165) is 54.1 Å². The van der Waals surface area contributed by atoms with Crippen LogP contribution in [0.2, 0.25) is 0 Å². The molecular formula is C27H27N3O2S3. The molecule has 1 amide bonds. The number of aromatic nitrogens is 2. The predicted octanol–water partition coefficient (Wildman–Crippen LogP) is 6.42. The molecule has 2 aliphatic rings. The third kappa shape index (κ3) is 5.56. The summed E-state index contributed by atoms with van der Waals surface area (Å²) in [5.41, 5.74) is 3.71. The highest BCUT2D eigenvalue weighted by Gasteiger charge is 2.35. The van der Waals surface area contributed by atoms with Gasteiger partial charge in [-0.1, -0.05) is 61.2 Å². The van der Waals surface area contributed by atoms with Crippen LogP contribution in [0.25, 0.3) is 23.0 Å². The monoisotopic (exact) mass is 521 g/mol. The number of carbonyl (C=O) groups is 1. The van der Waals surface area contributed by atoms with Gasteiger partial charge in [-0.15, -0.1) is 11.8 Å². The molecule has 2 aliphatic heterocycles. The molecule has 0 radical (unpaired) electrons. The smallest absolute Gasteiger partial charge is 0.266 e. The maximum Gasteiger partial charge on any atom is 0.266 e. The van der Waals surface area contributed by atoms with Crippen LogP contribution >= 0.6 is 35.7 Å². The molecule has 8 heteroatoms. The van der Waals surface area contributed by atoms with Gasteiger partial charge in [-0.3, -0.25) is 9.69 Å². The molecule has 2 fully saturated rings. The molecule has 0 aliphatic carbocycles. The number of hydrogen-bond acceptors (Lipinski definition) is 6. The first-order valence-corrected chi connectivity index (χ1v) is 14.1. The van der Waals surface area contributed by atoms with Crippen LogP contribution in [0, 0.1) is 0 Å². The van der Waals surface area contributed by atoms with Crippen LogP contribution in [0.15, 0.2) is 70.6 Å². The van der Waals surface area contributed by atoms with Gasteiger partial charge in [0.15, 0.2) is 0 Å². The fraction of sp³-hybridized carbons (Fsp3) is 0.296. The zero-order valence-electron chi connectivity index (χ0n) is 19.6. The van der Waals surface area contributed by atoms with Gasteiger partial charge >= 0.3 is 0 Å². The summed E-state index contributed by atoms with van der Waals surface area (Å²) in [6, 6.07) is 18.5. The van der Waals surface area contributed by atoms with Crippen molar-refractivity contribution in [1.82, 2.24) is 14.7 Å². The van der Waals surface area contributed by atoms with E-state index in [1.807, 2.05) is 59.0 Å². The van der Waals surface area contributed by atoms with E-state index >= 15 is 0 Å².